The maximum absolute atomic E-state index is 14.7. The number of aryl methyl sites for hydroxylation is 1. The van der Waals surface area contributed by atoms with Gasteiger partial charge in [0.15, 0.2) is 0 Å². The van der Waals surface area contributed by atoms with Gasteiger partial charge in [-0.3, -0.25) is 4.79 Å². The van der Waals surface area contributed by atoms with Crippen LogP contribution in [0.3, 0.4) is 0 Å². The Balaban J connectivity index is 1.56. The normalized spacial score (nSPS) is 26.4. The zero-order valence-corrected chi connectivity index (χ0v) is 19.1. The summed E-state index contributed by atoms with van der Waals surface area (Å²) in [7, 11) is 0. The molecule has 0 bridgehead atoms. The molecule has 2 aliphatic carbocycles. The number of alkyl halides is 4. The van der Waals surface area contributed by atoms with Crippen molar-refractivity contribution < 1.29 is 26.7 Å². The van der Waals surface area contributed by atoms with Crippen molar-refractivity contribution in [2.24, 2.45) is 5.92 Å². The smallest absolute Gasteiger partial charge is 0.339 e. The summed E-state index contributed by atoms with van der Waals surface area (Å²) >= 11 is 0. The van der Waals surface area contributed by atoms with Crippen LogP contribution in [0, 0.1) is 11.7 Å². The van der Waals surface area contributed by atoms with Crippen molar-refractivity contribution in [3.05, 3.63) is 70.5 Å². The highest BCUT2D eigenvalue weighted by Gasteiger charge is 2.56. The molecule has 2 nitrogen and oxygen atoms in total. The molecule has 1 amide bonds. The fraction of sp³-hybridized carbons (Fsp3) is 0.519. The van der Waals surface area contributed by atoms with Gasteiger partial charge in [0.05, 0.1) is 0 Å². The van der Waals surface area contributed by atoms with Crippen molar-refractivity contribution in [3.8, 4) is 0 Å². The van der Waals surface area contributed by atoms with Crippen LogP contribution in [0.2, 0.25) is 0 Å². The first kappa shape index (κ1) is 23.3. The lowest BCUT2D eigenvalue weighted by Gasteiger charge is -2.45. The van der Waals surface area contributed by atoms with Gasteiger partial charge in [-0.25, -0.2) is 8.78 Å². The van der Waals surface area contributed by atoms with Gasteiger partial charge < -0.3 is 4.90 Å². The van der Waals surface area contributed by atoms with Crippen molar-refractivity contribution in [1.82, 2.24) is 4.90 Å². The average molecular weight is 478 g/mol. The van der Waals surface area contributed by atoms with Crippen molar-refractivity contribution in [2.45, 2.75) is 75.2 Å². The zero-order chi connectivity index (χ0) is 24.3. The van der Waals surface area contributed by atoms with Crippen LogP contribution in [0.4, 0.5) is 22.0 Å². The lowest BCUT2D eigenvalue weighted by atomic mass is 9.63. The number of amides is 1. The summed E-state index contributed by atoms with van der Waals surface area (Å²) in [5, 5.41) is 0. The summed E-state index contributed by atoms with van der Waals surface area (Å²) in [6.45, 7) is 1.15. The minimum Gasteiger partial charge on any atom is -0.339 e. The fourth-order valence-electron chi connectivity index (χ4n) is 6.14. The van der Waals surface area contributed by atoms with Crippen LogP contribution < -0.4 is 0 Å². The van der Waals surface area contributed by atoms with E-state index in [4.69, 9.17) is 0 Å². The van der Waals surface area contributed by atoms with Gasteiger partial charge in [-0.05, 0) is 79.8 Å². The molecule has 2 aromatic rings. The Kier molecular flexibility index (Phi) is 5.53. The summed E-state index contributed by atoms with van der Waals surface area (Å²) < 4.78 is 68.4. The number of nitrogens with zero attached hydrogens (tertiary/aromatic N) is 1. The highest BCUT2D eigenvalue weighted by atomic mass is 19.4. The van der Waals surface area contributed by atoms with Crippen molar-refractivity contribution in [2.75, 3.05) is 6.54 Å². The predicted octanol–water partition coefficient (Wildman–Crippen LogP) is 6.40. The van der Waals surface area contributed by atoms with Crippen LogP contribution in [0.25, 0.3) is 0 Å². The highest BCUT2D eigenvalue weighted by Crippen LogP contribution is 2.51. The summed E-state index contributed by atoms with van der Waals surface area (Å²) in [6.07, 6.45) is 0.175. The average Bonchev–Trinajstić information content (AvgIpc) is 3.12. The molecular formula is C27H28F5NO. The molecule has 0 aromatic heterocycles. The molecule has 1 saturated heterocycles. The first-order chi connectivity index (χ1) is 16.0. The Hall–Kier alpha value is -2.44. The second-order valence-corrected chi connectivity index (χ2v) is 10.3. The Labute approximate surface area is 196 Å². The number of hydrogen-bond donors (Lipinski definition) is 0. The Bertz CT molecular complexity index is 1090. The third kappa shape index (κ3) is 3.62. The quantitative estimate of drug-likeness (QED) is 0.467. The molecule has 3 atom stereocenters. The van der Waals surface area contributed by atoms with Gasteiger partial charge in [-0.2, -0.15) is 13.2 Å². The molecule has 2 aromatic carbocycles. The first-order valence-electron chi connectivity index (χ1n) is 12.0. The number of rotatable bonds is 4. The predicted molar refractivity (Wildman–Crippen MR) is 119 cm³/mol. The zero-order valence-electron chi connectivity index (χ0n) is 19.1. The minimum absolute atomic E-state index is 0.0597. The van der Waals surface area contributed by atoms with E-state index in [2.05, 4.69) is 0 Å². The number of hydrogen-bond acceptors (Lipinski definition) is 1. The van der Waals surface area contributed by atoms with E-state index < -0.39 is 22.8 Å². The molecular weight excluding hydrogens is 449 g/mol. The van der Waals surface area contributed by atoms with Crippen LogP contribution in [-0.2, 0) is 28.7 Å². The maximum Gasteiger partial charge on any atom is 0.426 e. The Morgan fingerprint density at radius 1 is 1.06 bits per heavy atom. The van der Waals surface area contributed by atoms with E-state index in [0.717, 1.165) is 30.4 Å². The molecule has 1 saturated carbocycles. The second-order valence-electron chi connectivity index (χ2n) is 10.3. The highest BCUT2D eigenvalue weighted by molar-refractivity contribution is 5.80. The molecule has 1 unspecified atom stereocenters. The van der Waals surface area contributed by atoms with Crippen LogP contribution in [0.5, 0.6) is 0 Å². The molecule has 1 aliphatic heterocycles. The molecule has 3 aliphatic rings. The largest absolute Gasteiger partial charge is 0.426 e. The molecule has 2 fully saturated rings. The fourth-order valence-corrected chi connectivity index (χ4v) is 6.14. The maximum atomic E-state index is 14.7. The number of benzene rings is 2. The summed E-state index contributed by atoms with van der Waals surface area (Å²) in [5.74, 6) is -0.107. The summed E-state index contributed by atoms with van der Waals surface area (Å²) in [6, 6.07) is 10.4. The van der Waals surface area contributed by atoms with E-state index in [9.17, 15) is 26.7 Å². The van der Waals surface area contributed by atoms with Crippen molar-refractivity contribution in [3.63, 3.8) is 0 Å². The standard InChI is InChI=1S/C27H28F5NO/c1-25(29,27(30,31)32)20-8-11-22-19(15-20)7-12-23-26(22,16-17-5-9-21(28)10-6-17)13-14-33(23)24(34)18-3-2-4-18/h5-6,8-11,15,18,23H,2-4,7,12-14,16H2,1H3/t23-,25?,26-/m1/s1. The minimum atomic E-state index is -5.01. The molecule has 182 valence electrons. The van der Waals surface area contributed by atoms with E-state index in [1.54, 1.807) is 18.2 Å². The molecule has 1 heterocycles. The molecule has 34 heavy (non-hydrogen) atoms. The summed E-state index contributed by atoms with van der Waals surface area (Å²) in [4.78, 5) is 15.2. The van der Waals surface area contributed by atoms with Crippen molar-refractivity contribution >= 4 is 5.91 Å². The van der Waals surface area contributed by atoms with Gasteiger partial charge in [0.2, 0.25) is 11.6 Å². The van der Waals surface area contributed by atoms with Crippen LogP contribution in [0.15, 0.2) is 42.5 Å². The summed E-state index contributed by atoms with van der Waals surface area (Å²) in [5.41, 5.74) is -1.82. The topological polar surface area (TPSA) is 20.3 Å². The lowest BCUT2D eigenvalue weighted by Crippen LogP contribution is -2.51. The number of fused-ring (bicyclic) bond motifs is 3. The van der Waals surface area contributed by atoms with Gasteiger partial charge in [0, 0.05) is 23.9 Å². The Morgan fingerprint density at radius 3 is 2.38 bits per heavy atom. The molecule has 5 rings (SSSR count). The van der Waals surface area contributed by atoms with Gasteiger partial charge in [0.1, 0.15) is 5.82 Å². The number of carbonyl (C=O) groups is 1. The number of halogens is 5. The van der Waals surface area contributed by atoms with Gasteiger partial charge in [-0.15, -0.1) is 0 Å². The lowest BCUT2D eigenvalue weighted by molar-refractivity contribution is -0.228. The number of likely N-dealkylation sites (tertiary alicyclic amines) is 1. The van der Waals surface area contributed by atoms with Crippen LogP contribution in [0.1, 0.15) is 61.3 Å². The van der Waals surface area contributed by atoms with E-state index in [-0.39, 0.29) is 23.7 Å². The molecule has 0 radical (unpaired) electrons. The molecule has 0 spiro atoms. The molecule has 0 N–H and O–H groups in total. The van der Waals surface area contributed by atoms with E-state index >= 15 is 0 Å². The molecule has 7 heteroatoms. The third-order valence-electron chi connectivity index (χ3n) is 8.39. The third-order valence-corrected chi connectivity index (χ3v) is 8.39. The van der Waals surface area contributed by atoms with E-state index in [1.165, 1.54) is 24.3 Å². The van der Waals surface area contributed by atoms with Crippen LogP contribution in [-0.4, -0.2) is 29.6 Å². The SMILES string of the molecule is CC(F)(c1ccc2c(c1)CC[C@H]1N(C(=O)C3CCC3)CC[C@@]21Cc1ccc(F)cc1)C(F)(F)F. The van der Waals surface area contributed by atoms with E-state index in [0.29, 0.717) is 44.7 Å². The number of carbonyl (C=O) groups excluding carboxylic acids is 1. The second kappa shape index (κ2) is 8.06. The van der Waals surface area contributed by atoms with Gasteiger partial charge >= 0.3 is 6.18 Å². The van der Waals surface area contributed by atoms with Gasteiger partial charge in [0.25, 0.3) is 0 Å². The Morgan fingerprint density at radius 2 is 1.76 bits per heavy atom. The van der Waals surface area contributed by atoms with Gasteiger partial charge in [-0.1, -0.05) is 36.8 Å². The first-order valence-corrected chi connectivity index (χ1v) is 12.0. The van der Waals surface area contributed by atoms with E-state index in [1.807, 2.05) is 4.90 Å². The monoisotopic (exact) mass is 477 g/mol. The van der Waals surface area contributed by atoms with Crippen molar-refractivity contribution in [1.29, 1.82) is 0 Å². The van der Waals surface area contributed by atoms with Crippen LogP contribution >= 0.6 is 0 Å².